The van der Waals surface area contributed by atoms with Crippen LogP contribution < -0.4 is 16.0 Å². The Morgan fingerprint density at radius 1 is 0.725 bits per heavy atom. The second-order valence-corrected chi connectivity index (χ2v) is 17.0. The van der Waals surface area contributed by atoms with E-state index in [1.165, 1.54) is 23.1 Å². The van der Waals surface area contributed by atoms with Crippen molar-refractivity contribution < 1.29 is 29.0 Å². The molecule has 0 saturated carbocycles. The van der Waals surface area contributed by atoms with Crippen molar-refractivity contribution in [1.82, 2.24) is 16.0 Å². The molecule has 0 fully saturated rings. The van der Waals surface area contributed by atoms with E-state index < -0.39 is 57.1 Å². The number of hydrogen-bond acceptors (Lipinski definition) is 8. The van der Waals surface area contributed by atoms with Crippen LogP contribution in [0.3, 0.4) is 0 Å². The third-order valence-corrected chi connectivity index (χ3v) is 10.7. The molecule has 0 bridgehead atoms. The highest BCUT2D eigenvalue weighted by Gasteiger charge is 2.40. The summed E-state index contributed by atoms with van der Waals surface area (Å²) in [5.41, 5.74) is 2.06. The number of carbonyl (C=O) groups excluding carboxylic acids is 3. The Hall–Kier alpha value is -4.26. The number of carboxylic acids is 1. The molecule has 4 aromatic rings. The third kappa shape index (κ3) is 10.9. The first-order valence-corrected chi connectivity index (χ1v) is 18.8. The Morgan fingerprint density at radius 2 is 1.22 bits per heavy atom. The predicted octanol–water partition coefficient (Wildman–Crippen LogP) is 6.67. The summed E-state index contributed by atoms with van der Waals surface area (Å²) in [7, 11) is 0. The largest absolute Gasteiger partial charge is 0.480 e. The van der Waals surface area contributed by atoms with Gasteiger partial charge in [-0.25, -0.2) is 9.59 Å². The number of thiophene rings is 1. The summed E-state index contributed by atoms with van der Waals surface area (Å²) in [4.78, 5) is 54.2. The van der Waals surface area contributed by atoms with Crippen LogP contribution in [0, 0.1) is 0 Å². The predicted molar refractivity (Wildman–Crippen MR) is 207 cm³/mol. The van der Waals surface area contributed by atoms with Crippen LogP contribution in [0.1, 0.15) is 56.2 Å². The minimum atomic E-state index is -1.34. The van der Waals surface area contributed by atoms with Crippen LogP contribution in [0.15, 0.2) is 109 Å². The van der Waals surface area contributed by atoms with Gasteiger partial charge in [-0.1, -0.05) is 97.1 Å². The number of thioether (sulfide) groups is 1. The Bertz CT molecular complexity index is 1650. The van der Waals surface area contributed by atoms with Crippen LogP contribution in [-0.2, 0) is 30.3 Å². The fraction of sp³-hybridized carbons (Fsp3) is 0.333. The van der Waals surface area contributed by atoms with E-state index in [0.29, 0.717) is 0 Å². The zero-order valence-corrected chi connectivity index (χ0v) is 31.8. The molecule has 0 unspecified atom stereocenters. The van der Waals surface area contributed by atoms with Gasteiger partial charge in [0, 0.05) is 21.8 Å². The van der Waals surface area contributed by atoms with Crippen molar-refractivity contribution in [3.63, 3.8) is 0 Å². The quantitative estimate of drug-likeness (QED) is 0.0678. The number of nitrogens with one attached hydrogen (secondary N) is 3. The van der Waals surface area contributed by atoms with Gasteiger partial charge in [0.2, 0.25) is 11.8 Å². The number of carbonyl (C=O) groups is 4. The molecule has 0 aliphatic rings. The first kappa shape index (κ1) is 39.5. The number of aliphatic carboxylic acids is 1. The van der Waals surface area contributed by atoms with Crippen LogP contribution in [-0.4, -0.2) is 63.2 Å². The maximum atomic E-state index is 14.3. The summed E-state index contributed by atoms with van der Waals surface area (Å²) in [5.74, 6) is -2.52. The topological polar surface area (TPSA) is 134 Å². The third-order valence-electron chi connectivity index (χ3n) is 7.87. The number of alkyl carbamates (subject to hydrolysis) is 1. The van der Waals surface area contributed by atoms with Crippen molar-refractivity contribution in [2.75, 3.05) is 5.75 Å². The molecule has 4 rings (SSSR count). The lowest BCUT2D eigenvalue weighted by molar-refractivity contribution is -0.143. The van der Waals surface area contributed by atoms with E-state index in [1.54, 1.807) is 34.6 Å². The summed E-state index contributed by atoms with van der Waals surface area (Å²) in [6, 6.07) is 29.8. The van der Waals surface area contributed by atoms with Crippen molar-refractivity contribution in [3.8, 4) is 0 Å². The standard InChI is InChI=1S/C39H45N3O6S3/c1-37(2,3)48-36(47)41-31(34(44)40-30(24-29-22-15-23-50-29)33(43)42-32(35(45)46)38(4,5)49)25-51-39(26-16-9-6-10-17-26,27-18-11-7-12-19-27)28-20-13-8-14-21-28/h6-23,30-32,49H,24-25H2,1-5H3,(H,40,44)(H,41,47)(H,42,43)(H,45,46)/t30-,31-,32-/m0/s1. The van der Waals surface area contributed by atoms with Gasteiger partial charge in [-0.2, -0.15) is 12.6 Å². The molecular formula is C39H45N3O6S3. The summed E-state index contributed by atoms with van der Waals surface area (Å²) in [5, 5.41) is 19.9. The first-order valence-electron chi connectivity index (χ1n) is 16.5. The van der Waals surface area contributed by atoms with Crippen molar-refractivity contribution in [2.24, 2.45) is 0 Å². The molecule has 270 valence electrons. The van der Waals surface area contributed by atoms with E-state index in [4.69, 9.17) is 4.74 Å². The van der Waals surface area contributed by atoms with Crippen molar-refractivity contribution in [1.29, 1.82) is 0 Å². The number of rotatable bonds is 15. The Morgan fingerprint density at radius 3 is 1.63 bits per heavy atom. The molecule has 9 nitrogen and oxygen atoms in total. The van der Waals surface area contributed by atoms with Crippen molar-refractivity contribution >= 4 is 59.6 Å². The van der Waals surface area contributed by atoms with Gasteiger partial charge in [0.25, 0.3) is 0 Å². The highest BCUT2D eigenvalue weighted by atomic mass is 32.2. The first-order chi connectivity index (χ1) is 24.1. The van der Waals surface area contributed by atoms with Gasteiger partial charge in [-0.05, 0) is 62.8 Å². The Labute approximate surface area is 313 Å². The van der Waals surface area contributed by atoms with Gasteiger partial charge in [-0.3, -0.25) is 9.59 Å². The summed E-state index contributed by atoms with van der Waals surface area (Å²) in [6.45, 7) is 8.34. The van der Waals surface area contributed by atoms with Crippen LogP contribution in [0.2, 0.25) is 0 Å². The number of thiol groups is 1. The lowest BCUT2D eigenvalue weighted by atomic mass is 9.84. The van der Waals surface area contributed by atoms with Gasteiger partial charge in [0.15, 0.2) is 0 Å². The van der Waals surface area contributed by atoms with E-state index in [9.17, 15) is 24.3 Å². The van der Waals surface area contributed by atoms with Gasteiger partial charge >= 0.3 is 12.1 Å². The van der Waals surface area contributed by atoms with Crippen LogP contribution in [0.4, 0.5) is 4.79 Å². The molecule has 0 spiro atoms. The molecule has 1 aromatic heterocycles. The monoisotopic (exact) mass is 747 g/mol. The Kier molecular flexibility index (Phi) is 13.4. The van der Waals surface area contributed by atoms with E-state index in [1.807, 2.05) is 109 Å². The van der Waals surface area contributed by atoms with E-state index in [0.717, 1.165) is 21.6 Å². The minimum Gasteiger partial charge on any atom is -0.480 e. The number of carboxylic acid groups (broad SMARTS) is 1. The number of ether oxygens (including phenoxy) is 1. The van der Waals surface area contributed by atoms with Gasteiger partial charge in [0.05, 0.1) is 4.75 Å². The van der Waals surface area contributed by atoms with Crippen molar-refractivity contribution in [3.05, 3.63) is 130 Å². The molecule has 0 radical (unpaired) electrons. The van der Waals surface area contributed by atoms with Gasteiger partial charge in [0.1, 0.15) is 23.7 Å². The average molecular weight is 748 g/mol. The summed E-state index contributed by atoms with van der Waals surface area (Å²) in [6.07, 6.45) is -0.696. The molecule has 4 N–H and O–H groups in total. The smallest absolute Gasteiger partial charge is 0.408 e. The highest BCUT2D eigenvalue weighted by Crippen LogP contribution is 2.48. The second-order valence-electron chi connectivity index (χ2n) is 13.6. The molecule has 3 atom stereocenters. The van der Waals surface area contributed by atoms with E-state index >= 15 is 0 Å². The lowest BCUT2D eigenvalue weighted by Gasteiger charge is -2.36. The molecule has 3 amide bonds. The second kappa shape index (κ2) is 17.3. The minimum absolute atomic E-state index is 0.0680. The number of amides is 3. The molecule has 0 aliphatic carbocycles. The molecular weight excluding hydrogens is 703 g/mol. The average Bonchev–Trinajstić information content (AvgIpc) is 3.59. The van der Waals surface area contributed by atoms with Crippen LogP contribution in [0.5, 0.6) is 0 Å². The SMILES string of the molecule is CC(C)(C)OC(=O)N[C@@H](CSC(c1ccccc1)(c1ccccc1)c1ccccc1)C(=O)N[C@@H](Cc1cccs1)C(=O)N[C@@H](C(=O)O)C(C)(C)S. The molecule has 12 heteroatoms. The summed E-state index contributed by atoms with van der Waals surface area (Å²) >= 11 is 7.26. The fourth-order valence-corrected chi connectivity index (χ4v) is 7.99. The highest BCUT2D eigenvalue weighted by molar-refractivity contribution is 8.00. The zero-order valence-electron chi connectivity index (χ0n) is 29.3. The summed E-state index contributed by atoms with van der Waals surface area (Å²) < 4.78 is 3.66. The maximum Gasteiger partial charge on any atom is 0.408 e. The van der Waals surface area contributed by atoms with E-state index in [2.05, 4.69) is 28.6 Å². The molecule has 0 aliphatic heterocycles. The Balaban J connectivity index is 1.74. The zero-order chi connectivity index (χ0) is 37.2. The van der Waals surface area contributed by atoms with Gasteiger partial charge in [-0.15, -0.1) is 23.1 Å². The van der Waals surface area contributed by atoms with Crippen LogP contribution >= 0.6 is 35.7 Å². The molecule has 3 aromatic carbocycles. The molecule has 1 heterocycles. The van der Waals surface area contributed by atoms with E-state index in [-0.39, 0.29) is 12.2 Å². The number of benzene rings is 3. The van der Waals surface area contributed by atoms with Gasteiger partial charge < -0.3 is 25.8 Å². The fourth-order valence-electron chi connectivity index (χ4n) is 5.50. The molecule has 0 saturated heterocycles. The van der Waals surface area contributed by atoms with Crippen molar-refractivity contribution in [2.45, 2.75) is 74.3 Å². The number of hydrogen-bond donors (Lipinski definition) is 5. The van der Waals surface area contributed by atoms with Crippen LogP contribution in [0.25, 0.3) is 0 Å². The molecule has 51 heavy (non-hydrogen) atoms. The maximum absolute atomic E-state index is 14.3. The lowest BCUT2D eigenvalue weighted by Crippen LogP contribution is -2.59. The normalized spacial score (nSPS) is 13.7.